The SMILES string of the molecule is COC1=C(OC)C(O)C(C/C=C(\C)CC/C=C(\C)CC2CC(C)C(=O)O2)C(C)C1=O. The standard InChI is InChI=1S/C24H36O6/c1-14(8-7-9-15(2)12-18-13-16(3)24(27)30-18)10-11-19-17(4)20(25)22(28-5)23(29-6)21(19)26/h9-10,16-19,21,26H,7-8,11-13H2,1-6H3/b14-10+,15-9+. The molecule has 1 fully saturated rings. The highest BCUT2D eigenvalue weighted by Crippen LogP contribution is 2.35. The highest BCUT2D eigenvalue weighted by atomic mass is 16.6. The van der Waals surface area contributed by atoms with E-state index in [1.54, 1.807) is 0 Å². The summed E-state index contributed by atoms with van der Waals surface area (Å²) >= 11 is 0. The van der Waals surface area contributed by atoms with Gasteiger partial charge < -0.3 is 19.3 Å². The van der Waals surface area contributed by atoms with Gasteiger partial charge in [-0.1, -0.05) is 37.1 Å². The Bertz CT molecular complexity index is 732. The number of esters is 1. The van der Waals surface area contributed by atoms with Crippen LogP contribution in [0.3, 0.4) is 0 Å². The van der Waals surface area contributed by atoms with Crippen molar-refractivity contribution in [1.29, 1.82) is 0 Å². The second-order valence-corrected chi connectivity index (χ2v) is 8.64. The molecule has 1 saturated heterocycles. The van der Waals surface area contributed by atoms with Gasteiger partial charge >= 0.3 is 5.97 Å². The Balaban J connectivity index is 1.88. The van der Waals surface area contributed by atoms with Gasteiger partial charge in [0.05, 0.1) is 20.1 Å². The molecule has 0 aromatic carbocycles. The number of rotatable bonds is 9. The van der Waals surface area contributed by atoms with Gasteiger partial charge in [-0.2, -0.15) is 0 Å². The summed E-state index contributed by atoms with van der Waals surface area (Å²) < 4.78 is 15.8. The molecule has 0 bridgehead atoms. The Kier molecular flexibility index (Phi) is 8.71. The van der Waals surface area contributed by atoms with E-state index in [0.717, 1.165) is 25.7 Å². The molecule has 0 spiro atoms. The van der Waals surface area contributed by atoms with E-state index in [-0.39, 0.29) is 47.1 Å². The minimum absolute atomic E-state index is 0.00539. The number of carbonyl (C=O) groups is 2. The molecule has 1 N–H and O–H groups in total. The second kappa shape index (κ2) is 10.8. The zero-order chi connectivity index (χ0) is 22.4. The highest BCUT2D eigenvalue weighted by Gasteiger charge is 2.42. The molecule has 6 nitrogen and oxygen atoms in total. The van der Waals surface area contributed by atoms with Crippen molar-refractivity contribution in [1.82, 2.24) is 0 Å². The average Bonchev–Trinajstić information content (AvgIpc) is 3.01. The Morgan fingerprint density at radius 3 is 2.40 bits per heavy atom. The number of aliphatic hydroxyl groups excluding tert-OH is 1. The Hall–Kier alpha value is -2.08. The zero-order valence-electron chi connectivity index (χ0n) is 19.1. The summed E-state index contributed by atoms with van der Waals surface area (Å²) in [4.78, 5) is 24.0. The third-order valence-corrected chi connectivity index (χ3v) is 6.22. The van der Waals surface area contributed by atoms with Crippen molar-refractivity contribution in [3.8, 4) is 0 Å². The first-order valence-electron chi connectivity index (χ1n) is 10.8. The summed E-state index contributed by atoms with van der Waals surface area (Å²) in [5, 5.41) is 10.7. The molecule has 0 amide bonds. The molecule has 168 valence electrons. The number of cyclic esters (lactones) is 1. The van der Waals surface area contributed by atoms with Crippen molar-refractivity contribution in [3.05, 3.63) is 34.8 Å². The summed E-state index contributed by atoms with van der Waals surface area (Å²) in [6.07, 6.45) is 7.45. The topological polar surface area (TPSA) is 82.1 Å². The summed E-state index contributed by atoms with van der Waals surface area (Å²) in [6.45, 7) is 7.88. The van der Waals surface area contributed by atoms with Gasteiger partial charge in [-0.3, -0.25) is 9.59 Å². The smallest absolute Gasteiger partial charge is 0.309 e. The molecule has 6 heteroatoms. The molecule has 0 saturated carbocycles. The Labute approximate surface area is 180 Å². The fourth-order valence-electron chi connectivity index (χ4n) is 4.24. The molecule has 0 aromatic heterocycles. The largest absolute Gasteiger partial charge is 0.494 e. The number of Topliss-reactive ketones (excluding diaryl/α,β-unsaturated/α-hetero) is 1. The predicted octanol–water partition coefficient (Wildman–Crippen LogP) is 4.09. The zero-order valence-corrected chi connectivity index (χ0v) is 19.1. The van der Waals surface area contributed by atoms with E-state index in [9.17, 15) is 14.7 Å². The molecule has 30 heavy (non-hydrogen) atoms. The minimum atomic E-state index is -0.861. The lowest BCUT2D eigenvalue weighted by Crippen LogP contribution is -2.40. The Morgan fingerprint density at radius 1 is 1.13 bits per heavy atom. The van der Waals surface area contributed by atoms with Gasteiger partial charge in [0, 0.05) is 18.3 Å². The lowest BCUT2D eigenvalue weighted by molar-refractivity contribution is -0.143. The van der Waals surface area contributed by atoms with Crippen LogP contribution in [0, 0.1) is 17.8 Å². The van der Waals surface area contributed by atoms with Gasteiger partial charge in [-0.15, -0.1) is 0 Å². The molecule has 2 rings (SSSR count). The van der Waals surface area contributed by atoms with Crippen LogP contribution >= 0.6 is 0 Å². The third kappa shape index (κ3) is 5.75. The van der Waals surface area contributed by atoms with Crippen LogP contribution in [0.15, 0.2) is 34.8 Å². The van der Waals surface area contributed by atoms with Crippen LogP contribution in [-0.2, 0) is 23.8 Å². The molecule has 1 aliphatic carbocycles. The number of hydrogen-bond acceptors (Lipinski definition) is 6. The van der Waals surface area contributed by atoms with E-state index in [0.29, 0.717) is 6.42 Å². The van der Waals surface area contributed by atoms with E-state index in [1.165, 1.54) is 25.4 Å². The van der Waals surface area contributed by atoms with Crippen LogP contribution in [0.4, 0.5) is 0 Å². The average molecular weight is 421 g/mol. The van der Waals surface area contributed by atoms with Gasteiger partial charge in [0.25, 0.3) is 0 Å². The number of carbonyl (C=O) groups excluding carboxylic acids is 2. The van der Waals surface area contributed by atoms with Crippen LogP contribution in [0.1, 0.15) is 59.8 Å². The summed E-state index contributed by atoms with van der Waals surface area (Å²) in [5.41, 5.74) is 2.45. The molecule has 5 unspecified atom stereocenters. The maximum Gasteiger partial charge on any atom is 0.309 e. The van der Waals surface area contributed by atoms with Crippen molar-refractivity contribution in [2.24, 2.45) is 17.8 Å². The molecule has 1 heterocycles. The number of allylic oxidation sites excluding steroid dienone is 4. The normalized spacial score (nSPS) is 30.6. The second-order valence-electron chi connectivity index (χ2n) is 8.64. The molecule has 0 radical (unpaired) electrons. The third-order valence-electron chi connectivity index (χ3n) is 6.22. The van der Waals surface area contributed by atoms with Gasteiger partial charge in [-0.05, 0) is 39.5 Å². The van der Waals surface area contributed by atoms with Gasteiger partial charge in [0.15, 0.2) is 5.76 Å². The molecular weight excluding hydrogens is 384 g/mol. The predicted molar refractivity (Wildman–Crippen MR) is 114 cm³/mol. The van der Waals surface area contributed by atoms with E-state index in [4.69, 9.17) is 14.2 Å². The molecule has 1 aliphatic heterocycles. The van der Waals surface area contributed by atoms with E-state index in [2.05, 4.69) is 26.0 Å². The van der Waals surface area contributed by atoms with E-state index >= 15 is 0 Å². The maximum absolute atomic E-state index is 12.5. The van der Waals surface area contributed by atoms with E-state index in [1.807, 2.05) is 13.8 Å². The highest BCUT2D eigenvalue weighted by molar-refractivity contribution is 5.97. The first-order valence-corrected chi connectivity index (χ1v) is 10.8. The number of hydrogen-bond donors (Lipinski definition) is 1. The van der Waals surface area contributed by atoms with Crippen LogP contribution in [0.25, 0.3) is 0 Å². The number of aliphatic hydroxyl groups is 1. The molecule has 0 aromatic rings. The van der Waals surface area contributed by atoms with Crippen molar-refractivity contribution in [2.75, 3.05) is 14.2 Å². The van der Waals surface area contributed by atoms with Gasteiger partial charge in [0.2, 0.25) is 11.5 Å². The quantitative estimate of drug-likeness (QED) is 0.447. The van der Waals surface area contributed by atoms with Crippen molar-refractivity contribution in [2.45, 2.75) is 72.0 Å². The van der Waals surface area contributed by atoms with E-state index < -0.39 is 6.10 Å². The number of ketones is 1. The van der Waals surface area contributed by atoms with Crippen molar-refractivity contribution in [3.63, 3.8) is 0 Å². The molecule has 5 atom stereocenters. The summed E-state index contributed by atoms with van der Waals surface area (Å²) in [6, 6.07) is 0. The maximum atomic E-state index is 12.5. The van der Waals surface area contributed by atoms with Crippen molar-refractivity contribution < 1.29 is 28.9 Å². The first-order chi connectivity index (χ1) is 14.2. The van der Waals surface area contributed by atoms with Crippen LogP contribution in [-0.4, -0.2) is 43.3 Å². The minimum Gasteiger partial charge on any atom is -0.494 e. The molecule has 2 aliphatic rings. The number of ether oxygens (including phenoxy) is 3. The van der Waals surface area contributed by atoms with Crippen LogP contribution in [0.5, 0.6) is 0 Å². The lowest BCUT2D eigenvalue weighted by atomic mass is 9.77. The monoisotopic (exact) mass is 420 g/mol. The summed E-state index contributed by atoms with van der Waals surface area (Å²) in [5.74, 6) is -0.445. The first kappa shape index (κ1) is 24.2. The van der Waals surface area contributed by atoms with Gasteiger partial charge in [0.1, 0.15) is 12.2 Å². The fraction of sp³-hybridized carbons (Fsp3) is 0.667. The Morgan fingerprint density at radius 2 is 1.83 bits per heavy atom. The van der Waals surface area contributed by atoms with Gasteiger partial charge in [-0.25, -0.2) is 0 Å². The number of methoxy groups -OCH3 is 2. The molecular formula is C24H36O6. The fourth-order valence-corrected chi connectivity index (χ4v) is 4.24. The lowest BCUT2D eigenvalue weighted by Gasteiger charge is -2.33. The van der Waals surface area contributed by atoms with Crippen LogP contribution < -0.4 is 0 Å². The van der Waals surface area contributed by atoms with Crippen LogP contribution in [0.2, 0.25) is 0 Å². The van der Waals surface area contributed by atoms with Crippen molar-refractivity contribution >= 4 is 11.8 Å². The summed E-state index contributed by atoms with van der Waals surface area (Å²) in [7, 11) is 2.86.